The maximum Gasteiger partial charge on any atom is 0.303 e. The number of carbonyl (C=O) groups is 2. The molecule has 0 aliphatic heterocycles. The zero-order valence-corrected chi connectivity index (χ0v) is 13.7. The molecule has 0 atom stereocenters. The SMILES string of the molecule is CC(C)(C)S(=O)(=O)CC(=O)Nc1ccc(CCC(=O)O)cc1. The number of carbonyl (C=O) groups excluding carboxylic acids is 1. The molecule has 1 aromatic rings. The first-order valence-electron chi connectivity index (χ1n) is 6.84. The van der Waals surface area contributed by atoms with Crippen molar-refractivity contribution in [3.05, 3.63) is 29.8 Å². The fourth-order valence-electron chi connectivity index (χ4n) is 1.59. The van der Waals surface area contributed by atoms with Crippen molar-refractivity contribution in [1.29, 1.82) is 0 Å². The lowest BCUT2D eigenvalue weighted by Crippen LogP contribution is -2.35. The summed E-state index contributed by atoms with van der Waals surface area (Å²) in [6, 6.07) is 6.66. The molecule has 0 aliphatic carbocycles. The molecule has 0 heterocycles. The number of carboxylic acid groups (broad SMARTS) is 1. The van der Waals surface area contributed by atoms with Crippen molar-refractivity contribution in [2.45, 2.75) is 38.4 Å². The van der Waals surface area contributed by atoms with Gasteiger partial charge in [0.05, 0.1) is 4.75 Å². The summed E-state index contributed by atoms with van der Waals surface area (Å²) in [5.41, 5.74) is 1.32. The molecule has 0 spiro atoms. The molecule has 0 radical (unpaired) electrons. The molecule has 7 heteroatoms. The van der Waals surface area contributed by atoms with Crippen molar-refractivity contribution in [3.63, 3.8) is 0 Å². The molecule has 6 nitrogen and oxygen atoms in total. The van der Waals surface area contributed by atoms with Crippen LogP contribution in [0.4, 0.5) is 5.69 Å². The van der Waals surface area contributed by atoms with Gasteiger partial charge in [0.25, 0.3) is 0 Å². The number of nitrogens with one attached hydrogen (secondary N) is 1. The van der Waals surface area contributed by atoms with Gasteiger partial charge in [0.1, 0.15) is 5.75 Å². The molecule has 22 heavy (non-hydrogen) atoms. The Morgan fingerprint density at radius 2 is 1.68 bits per heavy atom. The van der Waals surface area contributed by atoms with Gasteiger partial charge in [-0.25, -0.2) is 8.42 Å². The van der Waals surface area contributed by atoms with Crippen LogP contribution in [-0.4, -0.2) is 35.9 Å². The van der Waals surface area contributed by atoms with Crippen LogP contribution in [0.3, 0.4) is 0 Å². The highest BCUT2D eigenvalue weighted by molar-refractivity contribution is 7.93. The standard InChI is InChI=1S/C15H21NO5S/c1-15(2,3)22(20,21)10-13(17)16-12-7-4-11(5-8-12)6-9-14(18)19/h4-5,7-8H,6,9-10H2,1-3H3,(H,16,17)(H,18,19). The van der Waals surface area contributed by atoms with E-state index in [2.05, 4.69) is 5.32 Å². The summed E-state index contributed by atoms with van der Waals surface area (Å²) in [4.78, 5) is 22.3. The van der Waals surface area contributed by atoms with Crippen molar-refractivity contribution < 1.29 is 23.1 Å². The summed E-state index contributed by atoms with van der Waals surface area (Å²) in [5.74, 6) is -2.03. The van der Waals surface area contributed by atoms with E-state index in [9.17, 15) is 18.0 Å². The van der Waals surface area contributed by atoms with E-state index in [1.807, 2.05) is 0 Å². The lowest BCUT2D eigenvalue weighted by molar-refractivity contribution is -0.137. The van der Waals surface area contributed by atoms with Crippen LogP contribution in [0, 0.1) is 0 Å². The minimum atomic E-state index is -3.52. The van der Waals surface area contributed by atoms with Crippen LogP contribution in [0.15, 0.2) is 24.3 Å². The Labute approximate surface area is 130 Å². The van der Waals surface area contributed by atoms with E-state index in [1.165, 1.54) is 0 Å². The fourth-order valence-corrected chi connectivity index (χ4v) is 2.44. The van der Waals surface area contributed by atoms with Crippen molar-refractivity contribution in [2.75, 3.05) is 11.1 Å². The van der Waals surface area contributed by atoms with Crippen molar-refractivity contribution in [1.82, 2.24) is 0 Å². The minimum absolute atomic E-state index is 0.0372. The molecule has 0 fully saturated rings. The van der Waals surface area contributed by atoms with Gasteiger partial charge in [-0.3, -0.25) is 9.59 Å². The summed E-state index contributed by atoms with van der Waals surface area (Å²) in [6.07, 6.45) is 0.442. The molecular formula is C15H21NO5S. The van der Waals surface area contributed by atoms with Crippen LogP contribution in [0.2, 0.25) is 0 Å². The third-order valence-corrected chi connectivity index (χ3v) is 5.63. The van der Waals surface area contributed by atoms with E-state index in [1.54, 1.807) is 45.0 Å². The van der Waals surface area contributed by atoms with Crippen LogP contribution < -0.4 is 5.32 Å². The minimum Gasteiger partial charge on any atom is -0.481 e. The Morgan fingerprint density at radius 1 is 1.14 bits per heavy atom. The number of carboxylic acids is 1. The smallest absolute Gasteiger partial charge is 0.303 e. The topological polar surface area (TPSA) is 101 Å². The molecule has 1 rings (SSSR count). The number of sulfone groups is 1. The lowest BCUT2D eigenvalue weighted by Gasteiger charge is -2.18. The van der Waals surface area contributed by atoms with Crippen LogP contribution in [0.1, 0.15) is 32.8 Å². The quantitative estimate of drug-likeness (QED) is 0.830. The van der Waals surface area contributed by atoms with E-state index >= 15 is 0 Å². The average molecular weight is 327 g/mol. The Balaban J connectivity index is 2.64. The van der Waals surface area contributed by atoms with E-state index in [4.69, 9.17) is 5.11 Å². The summed E-state index contributed by atoms with van der Waals surface area (Å²) < 4.78 is 22.9. The third kappa shape index (κ3) is 5.48. The van der Waals surface area contributed by atoms with Crippen LogP contribution >= 0.6 is 0 Å². The highest BCUT2D eigenvalue weighted by atomic mass is 32.2. The second kappa shape index (κ2) is 6.91. The normalized spacial score (nSPS) is 12.0. The van der Waals surface area contributed by atoms with Gasteiger partial charge in [-0.05, 0) is 44.9 Å². The van der Waals surface area contributed by atoms with E-state index < -0.39 is 32.2 Å². The molecule has 1 aromatic carbocycles. The molecule has 0 aliphatic rings. The van der Waals surface area contributed by atoms with Gasteiger partial charge in [0.15, 0.2) is 9.84 Å². The zero-order valence-electron chi connectivity index (χ0n) is 12.9. The van der Waals surface area contributed by atoms with Crippen molar-refractivity contribution in [2.24, 2.45) is 0 Å². The predicted octanol–water partition coefficient (Wildman–Crippen LogP) is 1.86. The Hall–Kier alpha value is -1.89. The first kappa shape index (κ1) is 18.2. The number of amides is 1. The highest BCUT2D eigenvalue weighted by Gasteiger charge is 2.31. The summed E-state index contributed by atoms with van der Waals surface area (Å²) in [5, 5.41) is 11.1. The maximum atomic E-state index is 11.9. The first-order chi connectivity index (χ1) is 10.0. The zero-order chi connectivity index (χ0) is 17.0. The molecule has 122 valence electrons. The van der Waals surface area contributed by atoms with Gasteiger partial charge in [0.2, 0.25) is 5.91 Å². The van der Waals surface area contributed by atoms with Crippen molar-refractivity contribution >= 4 is 27.4 Å². The summed E-state index contributed by atoms with van der Waals surface area (Å²) >= 11 is 0. The summed E-state index contributed by atoms with van der Waals surface area (Å²) in [7, 11) is -3.52. The molecule has 0 saturated heterocycles. The van der Waals surface area contributed by atoms with Crippen molar-refractivity contribution in [3.8, 4) is 0 Å². The third-order valence-electron chi connectivity index (χ3n) is 3.12. The molecule has 2 N–H and O–H groups in total. The molecule has 0 bridgehead atoms. The number of aliphatic carboxylic acids is 1. The first-order valence-corrected chi connectivity index (χ1v) is 8.49. The number of rotatable bonds is 6. The van der Waals surface area contributed by atoms with Gasteiger partial charge in [-0.2, -0.15) is 0 Å². The fraction of sp³-hybridized carbons (Fsp3) is 0.467. The largest absolute Gasteiger partial charge is 0.481 e. The molecule has 0 unspecified atom stereocenters. The van der Waals surface area contributed by atoms with Crippen LogP contribution in [0.25, 0.3) is 0 Å². The Kier molecular flexibility index (Phi) is 5.71. The van der Waals surface area contributed by atoms with Gasteiger partial charge in [-0.15, -0.1) is 0 Å². The molecule has 1 amide bonds. The average Bonchev–Trinajstić information content (AvgIpc) is 2.35. The van der Waals surface area contributed by atoms with Gasteiger partial charge in [-0.1, -0.05) is 12.1 Å². The van der Waals surface area contributed by atoms with E-state index in [-0.39, 0.29) is 6.42 Å². The number of anilines is 1. The van der Waals surface area contributed by atoms with Gasteiger partial charge in [0, 0.05) is 12.1 Å². The number of aryl methyl sites for hydroxylation is 1. The molecular weight excluding hydrogens is 306 g/mol. The number of benzene rings is 1. The second-order valence-corrected chi connectivity index (χ2v) is 8.75. The molecule has 0 saturated carbocycles. The lowest BCUT2D eigenvalue weighted by atomic mass is 10.1. The Morgan fingerprint density at radius 3 is 2.14 bits per heavy atom. The predicted molar refractivity (Wildman–Crippen MR) is 84.6 cm³/mol. The second-order valence-electron chi connectivity index (χ2n) is 6.01. The Bertz CT molecular complexity index is 642. The van der Waals surface area contributed by atoms with Gasteiger partial charge < -0.3 is 10.4 Å². The van der Waals surface area contributed by atoms with Crippen LogP contribution in [0.5, 0.6) is 0 Å². The van der Waals surface area contributed by atoms with E-state index in [0.29, 0.717) is 12.1 Å². The van der Waals surface area contributed by atoms with Gasteiger partial charge >= 0.3 is 5.97 Å². The number of hydrogen-bond acceptors (Lipinski definition) is 4. The van der Waals surface area contributed by atoms with E-state index in [0.717, 1.165) is 5.56 Å². The summed E-state index contributed by atoms with van der Waals surface area (Å²) in [6.45, 7) is 4.65. The monoisotopic (exact) mass is 327 g/mol. The maximum absolute atomic E-state index is 11.9. The van der Waals surface area contributed by atoms with Crippen LogP contribution in [-0.2, 0) is 25.8 Å². The number of hydrogen-bond donors (Lipinski definition) is 2. The highest BCUT2D eigenvalue weighted by Crippen LogP contribution is 2.17. The molecule has 0 aromatic heterocycles.